The molecule has 1 aromatic rings. The first-order valence-corrected chi connectivity index (χ1v) is 4.60. The van der Waals surface area contributed by atoms with Crippen LogP contribution in [0.4, 0.5) is 11.4 Å². The first-order valence-electron chi connectivity index (χ1n) is 4.22. The fraction of sp³-hybridized carbons (Fsp3) is 0.300. The first-order chi connectivity index (χ1) is 6.37. The number of nitrogen functional groups attached to an aromatic ring is 2. The van der Waals surface area contributed by atoms with Crippen molar-refractivity contribution in [1.29, 1.82) is 0 Å². The van der Waals surface area contributed by atoms with Crippen molar-refractivity contribution in [3.05, 3.63) is 21.7 Å². The number of Topliss-reactive ketones (excluding diaryl/α,β-unsaturated/α-hetero) is 1. The topological polar surface area (TPSA) is 69.1 Å². The normalized spacial score (nSPS) is 10.3. The van der Waals surface area contributed by atoms with Gasteiger partial charge in [-0.15, -0.1) is 0 Å². The zero-order valence-corrected chi connectivity index (χ0v) is 9.20. The SMILES string of the molecule is CC(=O)c1c(C)c(N)c(C)c(Cl)c1N. The molecular formula is C10H13ClN2O. The van der Waals surface area contributed by atoms with E-state index in [1.54, 1.807) is 13.8 Å². The van der Waals surface area contributed by atoms with Crippen LogP contribution in [0.1, 0.15) is 28.4 Å². The maximum atomic E-state index is 11.3. The lowest BCUT2D eigenvalue weighted by Crippen LogP contribution is -2.08. The summed E-state index contributed by atoms with van der Waals surface area (Å²) in [6.07, 6.45) is 0. The summed E-state index contributed by atoms with van der Waals surface area (Å²) in [5.41, 5.74) is 14.3. The third-order valence-electron chi connectivity index (χ3n) is 2.37. The van der Waals surface area contributed by atoms with Gasteiger partial charge in [-0.2, -0.15) is 0 Å². The average Bonchev–Trinajstić information content (AvgIpc) is 2.11. The van der Waals surface area contributed by atoms with Gasteiger partial charge in [-0.3, -0.25) is 4.79 Å². The molecule has 3 nitrogen and oxygen atoms in total. The Kier molecular flexibility index (Phi) is 2.71. The molecule has 0 bridgehead atoms. The fourth-order valence-corrected chi connectivity index (χ4v) is 1.70. The Morgan fingerprint density at radius 3 is 2.07 bits per heavy atom. The minimum atomic E-state index is -0.117. The molecule has 0 unspecified atom stereocenters. The zero-order valence-electron chi connectivity index (χ0n) is 8.44. The van der Waals surface area contributed by atoms with Crippen molar-refractivity contribution in [1.82, 2.24) is 0 Å². The van der Waals surface area contributed by atoms with Crippen LogP contribution in [-0.4, -0.2) is 5.78 Å². The van der Waals surface area contributed by atoms with Crippen molar-refractivity contribution in [2.24, 2.45) is 0 Å². The lowest BCUT2D eigenvalue weighted by atomic mass is 9.98. The molecule has 0 aliphatic heterocycles. The highest BCUT2D eigenvalue weighted by Gasteiger charge is 2.17. The average molecular weight is 213 g/mol. The van der Waals surface area contributed by atoms with E-state index in [4.69, 9.17) is 23.1 Å². The zero-order chi connectivity index (χ0) is 11.0. The van der Waals surface area contributed by atoms with Gasteiger partial charge in [0.2, 0.25) is 0 Å². The van der Waals surface area contributed by atoms with Gasteiger partial charge in [0.1, 0.15) is 0 Å². The number of anilines is 2. The second-order valence-electron chi connectivity index (χ2n) is 3.32. The number of carbonyl (C=O) groups is 1. The van der Waals surface area contributed by atoms with Gasteiger partial charge >= 0.3 is 0 Å². The van der Waals surface area contributed by atoms with Crippen molar-refractivity contribution in [2.75, 3.05) is 11.5 Å². The van der Waals surface area contributed by atoms with Crippen LogP contribution in [-0.2, 0) is 0 Å². The molecule has 1 rings (SSSR count). The van der Waals surface area contributed by atoms with Gasteiger partial charge in [-0.25, -0.2) is 0 Å². The van der Waals surface area contributed by atoms with E-state index in [-0.39, 0.29) is 5.78 Å². The minimum absolute atomic E-state index is 0.117. The number of carbonyl (C=O) groups excluding carboxylic acids is 1. The Morgan fingerprint density at radius 1 is 1.14 bits per heavy atom. The number of hydrogen-bond acceptors (Lipinski definition) is 3. The summed E-state index contributed by atoms with van der Waals surface area (Å²) in [6.45, 7) is 5.00. The van der Waals surface area contributed by atoms with Crippen LogP contribution >= 0.6 is 11.6 Å². The fourth-order valence-electron chi connectivity index (χ4n) is 1.50. The third-order valence-corrected chi connectivity index (χ3v) is 2.86. The van der Waals surface area contributed by atoms with E-state index in [1.165, 1.54) is 6.92 Å². The van der Waals surface area contributed by atoms with Gasteiger partial charge in [-0.05, 0) is 31.9 Å². The lowest BCUT2D eigenvalue weighted by Gasteiger charge is -2.14. The second kappa shape index (κ2) is 3.50. The predicted molar refractivity (Wildman–Crippen MR) is 59.8 cm³/mol. The van der Waals surface area contributed by atoms with Crippen LogP contribution in [0.15, 0.2) is 0 Å². The van der Waals surface area contributed by atoms with Crippen LogP contribution in [0.3, 0.4) is 0 Å². The number of hydrogen-bond donors (Lipinski definition) is 2. The molecule has 0 fully saturated rings. The van der Waals surface area contributed by atoms with E-state index in [9.17, 15) is 4.79 Å². The molecule has 4 heteroatoms. The molecule has 76 valence electrons. The molecule has 14 heavy (non-hydrogen) atoms. The smallest absolute Gasteiger partial charge is 0.162 e. The molecule has 0 aliphatic carbocycles. The molecule has 0 saturated heterocycles. The standard InChI is InChI=1S/C10H13ClN2O/c1-4-7(6(3)14)10(13)8(11)5(2)9(4)12/h12-13H2,1-3H3. The molecule has 0 amide bonds. The molecule has 0 radical (unpaired) electrons. The van der Waals surface area contributed by atoms with Crippen LogP contribution in [0.25, 0.3) is 0 Å². The molecule has 0 heterocycles. The van der Waals surface area contributed by atoms with Gasteiger partial charge in [-0.1, -0.05) is 11.6 Å². The summed E-state index contributed by atoms with van der Waals surface area (Å²) >= 11 is 5.95. The van der Waals surface area contributed by atoms with E-state index < -0.39 is 0 Å². The van der Waals surface area contributed by atoms with Gasteiger partial charge in [0, 0.05) is 11.3 Å². The number of benzene rings is 1. The van der Waals surface area contributed by atoms with Crippen LogP contribution < -0.4 is 11.5 Å². The van der Waals surface area contributed by atoms with Crippen molar-refractivity contribution in [3.8, 4) is 0 Å². The van der Waals surface area contributed by atoms with Crippen molar-refractivity contribution >= 4 is 28.8 Å². The Hall–Kier alpha value is -1.22. The highest BCUT2D eigenvalue weighted by molar-refractivity contribution is 6.35. The number of halogens is 1. The molecule has 0 saturated carbocycles. The van der Waals surface area contributed by atoms with E-state index in [0.717, 1.165) is 5.56 Å². The molecule has 0 aliphatic rings. The van der Waals surface area contributed by atoms with Crippen LogP contribution in [0.2, 0.25) is 5.02 Å². The van der Waals surface area contributed by atoms with Crippen LogP contribution in [0, 0.1) is 13.8 Å². The highest BCUT2D eigenvalue weighted by Crippen LogP contribution is 2.34. The minimum Gasteiger partial charge on any atom is -0.398 e. The summed E-state index contributed by atoms with van der Waals surface area (Å²) in [5.74, 6) is -0.117. The van der Waals surface area contributed by atoms with E-state index in [0.29, 0.717) is 27.5 Å². The highest BCUT2D eigenvalue weighted by atomic mass is 35.5. The van der Waals surface area contributed by atoms with Crippen molar-refractivity contribution < 1.29 is 4.79 Å². The Balaban J connectivity index is 3.68. The van der Waals surface area contributed by atoms with E-state index in [1.807, 2.05) is 0 Å². The molecule has 1 aromatic carbocycles. The predicted octanol–water partition coefficient (Wildman–Crippen LogP) is 2.32. The first kappa shape index (κ1) is 10.9. The lowest BCUT2D eigenvalue weighted by molar-refractivity contribution is 0.101. The third kappa shape index (κ3) is 1.44. The van der Waals surface area contributed by atoms with Gasteiger partial charge in [0.15, 0.2) is 5.78 Å². The quantitative estimate of drug-likeness (QED) is 0.555. The molecule has 4 N–H and O–H groups in total. The van der Waals surface area contributed by atoms with Crippen molar-refractivity contribution in [3.63, 3.8) is 0 Å². The van der Waals surface area contributed by atoms with Crippen LogP contribution in [0.5, 0.6) is 0 Å². The number of ketones is 1. The van der Waals surface area contributed by atoms with E-state index in [2.05, 4.69) is 0 Å². The van der Waals surface area contributed by atoms with Gasteiger partial charge in [0.05, 0.1) is 10.7 Å². The Labute approximate surface area is 88.0 Å². The van der Waals surface area contributed by atoms with Gasteiger partial charge < -0.3 is 11.5 Å². The van der Waals surface area contributed by atoms with Gasteiger partial charge in [0.25, 0.3) is 0 Å². The summed E-state index contributed by atoms with van der Waals surface area (Å²) in [7, 11) is 0. The molecule has 0 spiro atoms. The number of nitrogens with two attached hydrogens (primary N) is 2. The number of rotatable bonds is 1. The second-order valence-corrected chi connectivity index (χ2v) is 3.70. The summed E-state index contributed by atoms with van der Waals surface area (Å²) in [6, 6.07) is 0. The molecule has 0 aromatic heterocycles. The summed E-state index contributed by atoms with van der Waals surface area (Å²) < 4.78 is 0. The molecule has 0 atom stereocenters. The summed E-state index contributed by atoms with van der Waals surface area (Å²) in [4.78, 5) is 11.3. The largest absolute Gasteiger partial charge is 0.398 e. The maximum Gasteiger partial charge on any atom is 0.162 e. The monoisotopic (exact) mass is 212 g/mol. The van der Waals surface area contributed by atoms with Crippen molar-refractivity contribution in [2.45, 2.75) is 20.8 Å². The Bertz CT molecular complexity index is 384. The maximum absolute atomic E-state index is 11.3. The molecular weight excluding hydrogens is 200 g/mol. The summed E-state index contributed by atoms with van der Waals surface area (Å²) in [5, 5.41) is 0.373. The van der Waals surface area contributed by atoms with E-state index >= 15 is 0 Å². The Morgan fingerprint density at radius 2 is 1.64 bits per heavy atom.